The number of fused-ring (bicyclic) bond motifs is 1. The summed E-state index contributed by atoms with van der Waals surface area (Å²) in [4.78, 5) is 28.6. The van der Waals surface area contributed by atoms with Crippen molar-refractivity contribution in [1.29, 1.82) is 0 Å². The number of methoxy groups -OCH3 is 1. The summed E-state index contributed by atoms with van der Waals surface area (Å²) in [6, 6.07) is 7.67. The summed E-state index contributed by atoms with van der Waals surface area (Å²) in [6.07, 6.45) is 2.65. The molecule has 0 saturated carbocycles. The van der Waals surface area contributed by atoms with Crippen LogP contribution in [0.25, 0.3) is 0 Å². The Bertz CT molecular complexity index is 602. The van der Waals surface area contributed by atoms with Crippen LogP contribution in [-0.2, 0) is 27.3 Å². The number of benzene rings is 1. The number of nitrogens with zero attached hydrogens (tertiary/aromatic N) is 2. The third kappa shape index (κ3) is 3.24. The number of hydrogen-bond acceptors (Lipinski definition) is 3. The van der Waals surface area contributed by atoms with Gasteiger partial charge in [0.15, 0.2) is 0 Å². The number of hydrogen-bond donors (Lipinski definition) is 0. The number of carbonyl (C=O) groups excluding carboxylic acids is 2. The fraction of sp³-hybridized carbons (Fsp3) is 0.556. The summed E-state index contributed by atoms with van der Waals surface area (Å²) in [6.45, 7) is 3.44. The molecule has 1 aromatic carbocycles. The van der Waals surface area contributed by atoms with Crippen molar-refractivity contribution in [2.24, 2.45) is 0 Å². The Morgan fingerprint density at radius 2 is 1.96 bits per heavy atom. The van der Waals surface area contributed by atoms with Crippen LogP contribution in [0.5, 0.6) is 0 Å². The first-order valence-electron chi connectivity index (χ1n) is 8.25. The third-order valence-electron chi connectivity index (χ3n) is 4.96. The van der Waals surface area contributed by atoms with E-state index in [9.17, 15) is 9.59 Å². The van der Waals surface area contributed by atoms with Gasteiger partial charge in [-0.15, -0.1) is 0 Å². The molecule has 0 unspecified atom stereocenters. The average Bonchev–Trinajstić information content (AvgIpc) is 2.59. The molecule has 0 aliphatic carbocycles. The normalized spacial score (nSPS) is 24.3. The molecule has 1 aromatic rings. The van der Waals surface area contributed by atoms with E-state index in [0.717, 1.165) is 24.9 Å². The minimum Gasteiger partial charge on any atom is -0.380 e. The molecule has 2 heterocycles. The van der Waals surface area contributed by atoms with Gasteiger partial charge in [0, 0.05) is 40.1 Å². The molecule has 5 heteroatoms. The highest BCUT2D eigenvalue weighted by atomic mass is 16.5. The van der Waals surface area contributed by atoms with Crippen LogP contribution >= 0.6 is 0 Å². The van der Waals surface area contributed by atoms with Crippen LogP contribution in [0.4, 0.5) is 0 Å². The first kappa shape index (κ1) is 16.0. The highest BCUT2D eigenvalue weighted by Crippen LogP contribution is 2.25. The Balaban J connectivity index is 1.81. The third-order valence-corrected chi connectivity index (χ3v) is 4.96. The molecule has 2 aliphatic heterocycles. The van der Waals surface area contributed by atoms with Crippen molar-refractivity contribution in [3.8, 4) is 0 Å². The van der Waals surface area contributed by atoms with Gasteiger partial charge >= 0.3 is 0 Å². The van der Waals surface area contributed by atoms with Gasteiger partial charge in [0.2, 0.25) is 11.8 Å². The summed E-state index contributed by atoms with van der Waals surface area (Å²) >= 11 is 0. The summed E-state index contributed by atoms with van der Waals surface area (Å²) in [5, 5.41) is 0. The Morgan fingerprint density at radius 3 is 2.65 bits per heavy atom. The van der Waals surface area contributed by atoms with Crippen molar-refractivity contribution in [3.05, 3.63) is 35.4 Å². The van der Waals surface area contributed by atoms with Crippen LogP contribution in [0.3, 0.4) is 0 Å². The standard InChI is InChI=1S/C18H24N2O3/c1-13(21)20-11-15-7-4-3-6-14(15)10-17(20)18(22)19-9-5-8-16(12-19)23-2/h3-4,6-7,16-17H,5,8-12H2,1-2H3/t16-,17-/m0/s1. The largest absolute Gasteiger partial charge is 0.380 e. The van der Waals surface area contributed by atoms with Crippen molar-refractivity contribution in [2.75, 3.05) is 20.2 Å². The van der Waals surface area contributed by atoms with Gasteiger partial charge in [-0.05, 0) is 24.0 Å². The summed E-state index contributed by atoms with van der Waals surface area (Å²) < 4.78 is 5.41. The topological polar surface area (TPSA) is 49.9 Å². The predicted molar refractivity (Wildman–Crippen MR) is 86.8 cm³/mol. The fourth-order valence-electron chi connectivity index (χ4n) is 3.62. The zero-order chi connectivity index (χ0) is 16.4. The second-order valence-electron chi connectivity index (χ2n) is 6.42. The maximum Gasteiger partial charge on any atom is 0.245 e. The lowest BCUT2D eigenvalue weighted by Crippen LogP contribution is -2.55. The van der Waals surface area contributed by atoms with E-state index in [1.54, 1.807) is 18.9 Å². The molecule has 124 valence electrons. The molecule has 0 N–H and O–H groups in total. The molecule has 2 atom stereocenters. The van der Waals surface area contributed by atoms with Crippen LogP contribution in [0.15, 0.2) is 24.3 Å². The fourth-order valence-corrected chi connectivity index (χ4v) is 3.62. The van der Waals surface area contributed by atoms with Crippen molar-refractivity contribution >= 4 is 11.8 Å². The van der Waals surface area contributed by atoms with Gasteiger partial charge in [0.05, 0.1) is 6.10 Å². The van der Waals surface area contributed by atoms with E-state index in [1.807, 2.05) is 23.1 Å². The molecule has 23 heavy (non-hydrogen) atoms. The summed E-state index contributed by atoms with van der Waals surface area (Å²) in [5.41, 5.74) is 2.31. The molecule has 3 rings (SSSR count). The molecule has 0 aromatic heterocycles. The van der Waals surface area contributed by atoms with Crippen LogP contribution in [0.1, 0.15) is 30.9 Å². The van der Waals surface area contributed by atoms with E-state index in [0.29, 0.717) is 19.5 Å². The van der Waals surface area contributed by atoms with E-state index in [2.05, 4.69) is 6.07 Å². The van der Waals surface area contributed by atoms with Crippen molar-refractivity contribution in [2.45, 2.75) is 44.9 Å². The summed E-state index contributed by atoms with van der Waals surface area (Å²) in [5.74, 6) is 0.00890. The molecule has 2 amide bonds. The zero-order valence-electron chi connectivity index (χ0n) is 13.8. The number of carbonyl (C=O) groups is 2. The maximum absolute atomic E-state index is 13.0. The van der Waals surface area contributed by atoms with Gasteiger partial charge in [0.25, 0.3) is 0 Å². The number of ether oxygens (including phenoxy) is 1. The molecule has 2 aliphatic rings. The second-order valence-corrected chi connectivity index (χ2v) is 6.42. The molecule has 1 fully saturated rings. The van der Waals surface area contributed by atoms with Gasteiger partial charge in [-0.2, -0.15) is 0 Å². The predicted octanol–water partition coefficient (Wildman–Crippen LogP) is 1.60. The molecule has 0 radical (unpaired) electrons. The van der Waals surface area contributed by atoms with E-state index < -0.39 is 6.04 Å². The monoisotopic (exact) mass is 316 g/mol. The number of piperidine rings is 1. The summed E-state index contributed by atoms with van der Waals surface area (Å²) in [7, 11) is 1.69. The number of likely N-dealkylation sites (tertiary alicyclic amines) is 1. The lowest BCUT2D eigenvalue weighted by Gasteiger charge is -2.40. The first-order valence-corrected chi connectivity index (χ1v) is 8.25. The Hall–Kier alpha value is -1.88. The Kier molecular flexibility index (Phi) is 4.66. The van der Waals surface area contributed by atoms with E-state index in [4.69, 9.17) is 4.74 Å². The van der Waals surface area contributed by atoms with Crippen LogP contribution in [0.2, 0.25) is 0 Å². The van der Waals surface area contributed by atoms with Crippen LogP contribution in [-0.4, -0.2) is 54.0 Å². The van der Waals surface area contributed by atoms with Gasteiger partial charge in [0.1, 0.15) is 6.04 Å². The van der Waals surface area contributed by atoms with Gasteiger partial charge in [-0.1, -0.05) is 24.3 Å². The molecule has 5 nitrogen and oxygen atoms in total. The minimum absolute atomic E-state index is 0.0434. The highest BCUT2D eigenvalue weighted by Gasteiger charge is 2.36. The molecule has 0 spiro atoms. The molecule has 0 bridgehead atoms. The lowest BCUT2D eigenvalue weighted by molar-refractivity contribution is -0.148. The SMILES string of the molecule is CO[C@H]1CCCN(C(=O)[C@@H]2Cc3ccccc3CN2C(C)=O)C1. The Morgan fingerprint density at radius 1 is 1.22 bits per heavy atom. The first-order chi connectivity index (χ1) is 11.1. The quantitative estimate of drug-likeness (QED) is 0.833. The molecular weight excluding hydrogens is 292 g/mol. The molecule has 1 saturated heterocycles. The van der Waals surface area contributed by atoms with E-state index in [1.165, 1.54) is 5.56 Å². The smallest absolute Gasteiger partial charge is 0.245 e. The van der Waals surface area contributed by atoms with E-state index in [-0.39, 0.29) is 17.9 Å². The van der Waals surface area contributed by atoms with Gasteiger partial charge in [-0.25, -0.2) is 0 Å². The van der Waals surface area contributed by atoms with Crippen LogP contribution < -0.4 is 0 Å². The highest BCUT2D eigenvalue weighted by molar-refractivity contribution is 5.88. The van der Waals surface area contributed by atoms with E-state index >= 15 is 0 Å². The van der Waals surface area contributed by atoms with Crippen LogP contribution in [0, 0.1) is 0 Å². The van der Waals surface area contributed by atoms with Gasteiger partial charge in [-0.3, -0.25) is 9.59 Å². The zero-order valence-corrected chi connectivity index (χ0v) is 13.8. The lowest BCUT2D eigenvalue weighted by atomic mass is 9.92. The maximum atomic E-state index is 13.0. The number of amides is 2. The van der Waals surface area contributed by atoms with Gasteiger partial charge < -0.3 is 14.5 Å². The minimum atomic E-state index is -0.391. The average molecular weight is 316 g/mol. The molecular formula is C18H24N2O3. The number of rotatable bonds is 2. The van der Waals surface area contributed by atoms with Crippen molar-refractivity contribution < 1.29 is 14.3 Å². The van der Waals surface area contributed by atoms with Crippen molar-refractivity contribution in [1.82, 2.24) is 9.80 Å². The Labute approximate surface area is 137 Å². The van der Waals surface area contributed by atoms with Crippen molar-refractivity contribution in [3.63, 3.8) is 0 Å². The second kappa shape index (κ2) is 6.71.